The standard InChI is InChI=1S/C12H10ClN3O3/c13-10-4-11(16-12(14)15-10)17-5-7-1-2-8-9(3-7)19-6-18-8/h1-4H,5-6H2,(H2,14,15,16). The highest BCUT2D eigenvalue weighted by Gasteiger charge is 2.13. The Kier molecular flexibility index (Phi) is 3.00. The van der Waals surface area contributed by atoms with Gasteiger partial charge in [-0.05, 0) is 17.7 Å². The van der Waals surface area contributed by atoms with Crippen LogP contribution >= 0.6 is 11.6 Å². The first-order chi connectivity index (χ1) is 9.20. The lowest BCUT2D eigenvalue weighted by Crippen LogP contribution is -2.01. The van der Waals surface area contributed by atoms with Gasteiger partial charge in [-0.2, -0.15) is 4.98 Å². The average molecular weight is 280 g/mol. The predicted octanol–water partition coefficient (Wildman–Crippen LogP) is 2.02. The fourth-order valence-corrected chi connectivity index (χ4v) is 1.86. The van der Waals surface area contributed by atoms with Crippen molar-refractivity contribution in [3.63, 3.8) is 0 Å². The Morgan fingerprint density at radius 2 is 2.05 bits per heavy atom. The second kappa shape index (κ2) is 4.81. The fourth-order valence-electron chi connectivity index (χ4n) is 1.68. The molecule has 0 aliphatic carbocycles. The molecule has 3 rings (SSSR count). The number of hydrogen-bond donors (Lipinski definition) is 1. The first-order valence-electron chi connectivity index (χ1n) is 5.52. The van der Waals surface area contributed by atoms with Crippen LogP contribution in [-0.2, 0) is 6.61 Å². The van der Waals surface area contributed by atoms with Crippen molar-refractivity contribution < 1.29 is 14.2 Å². The van der Waals surface area contributed by atoms with Gasteiger partial charge >= 0.3 is 0 Å². The highest BCUT2D eigenvalue weighted by Crippen LogP contribution is 2.32. The van der Waals surface area contributed by atoms with Crippen LogP contribution in [0.4, 0.5) is 5.95 Å². The molecule has 2 heterocycles. The SMILES string of the molecule is Nc1nc(Cl)cc(OCc2ccc3c(c2)OCO3)n1. The van der Waals surface area contributed by atoms with Crippen LogP contribution in [0.5, 0.6) is 17.4 Å². The lowest BCUT2D eigenvalue weighted by molar-refractivity contribution is 0.174. The monoisotopic (exact) mass is 279 g/mol. The molecule has 98 valence electrons. The van der Waals surface area contributed by atoms with Crippen molar-refractivity contribution in [3.8, 4) is 17.4 Å². The van der Waals surface area contributed by atoms with Crippen LogP contribution in [0, 0.1) is 0 Å². The summed E-state index contributed by atoms with van der Waals surface area (Å²) in [4.78, 5) is 7.68. The summed E-state index contributed by atoms with van der Waals surface area (Å²) in [7, 11) is 0. The van der Waals surface area contributed by atoms with Gasteiger partial charge in [-0.15, -0.1) is 0 Å². The van der Waals surface area contributed by atoms with Crippen molar-refractivity contribution >= 4 is 17.5 Å². The smallest absolute Gasteiger partial charge is 0.231 e. The lowest BCUT2D eigenvalue weighted by atomic mass is 10.2. The van der Waals surface area contributed by atoms with Crippen LogP contribution in [0.25, 0.3) is 0 Å². The first-order valence-corrected chi connectivity index (χ1v) is 5.90. The number of benzene rings is 1. The van der Waals surface area contributed by atoms with E-state index < -0.39 is 0 Å². The van der Waals surface area contributed by atoms with E-state index in [2.05, 4.69) is 9.97 Å². The molecule has 0 spiro atoms. The minimum Gasteiger partial charge on any atom is -0.473 e. The predicted molar refractivity (Wildman–Crippen MR) is 68.4 cm³/mol. The molecular formula is C12H10ClN3O3. The van der Waals surface area contributed by atoms with Gasteiger partial charge in [0.2, 0.25) is 18.6 Å². The second-order valence-corrected chi connectivity index (χ2v) is 4.25. The molecule has 0 radical (unpaired) electrons. The molecule has 2 N–H and O–H groups in total. The van der Waals surface area contributed by atoms with E-state index in [0.717, 1.165) is 11.3 Å². The molecule has 2 aromatic rings. The average Bonchev–Trinajstić information content (AvgIpc) is 2.82. The third kappa shape index (κ3) is 2.63. The number of nitrogen functional groups attached to an aromatic ring is 1. The number of ether oxygens (including phenoxy) is 3. The molecule has 0 saturated heterocycles. The molecule has 0 amide bonds. The second-order valence-electron chi connectivity index (χ2n) is 3.86. The number of aromatic nitrogens is 2. The third-order valence-corrected chi connectivity index (χ3v) is 2.71. The Balaban J connectivity index is 1.72. The maximum absolute atomic E-state index is 5.76. The van der Waals surface area contributed by atoms with E-state index in [1.165, 1.54) is 6.07 Å². The van der Waals surface area contributed by atoms with E-state index >= 15 is 0 Å². The molecule has 0 unspecified atom stereocenters. The van der Waals surface area contributed by atoms with Gasteiger partial charge in [-0.1, -0.05) is 17.7 Å². The zero-order chi connectivity index (χ0) is 13.2. The zero-order valence-corrected chi connectivity index (χ0v) is 10.6. The van der Waals surface area contributed by atoms with Crippen LogP contribution < -0.4 is 19.9 Å². The van der Waals surface area contributed by atoms with Gasteiger partial charge < -0.3 is 19.9 Å². The maximum atomic E-state index is 5.76. The van der Waals surface area contributed by atoms with Gasteiger partial charge in [-0.25, -0.2) is 4.98 Å². The van der Waals surface area contributed by atoms with E-state index in [9.17, 15) is 0 Å². The third-order valence-electron chi connectivity index (χ3n) is 2.51. The summed E-state index contributed by atoms with van der Waals surface area (Å²) in [6.07, 6.45) is 0. The number of nitrogens with zero attached hydrogens (tertiary/aromatic N) is 2. The van der Waals surface area contributed by atoms with Crippen molar-refractivity contribution in [2.45, 2.75) is 6.61 Å². The first kappa shape index (κ1) is 11.9. The van der Waals surface area contributed by atoms with Gasteiger partial charge in [0.15, 0.2) is 11.5 Å². The molecule has 1 aromatic carbocycles. The molecule has 1 aliphatic rings. The van der Waals surface area contributed by atoms with Crippen molar-refractivity contribution in [1.82, 2.24) is 9.97 Å². The zero-order valence-electron chi connectivity index (χ0n) is 9.80. The van der Waals surface area contributed by atoms with Gasteiger partial charge in [0.05, 0.1) is 0 Å². The van der Waals surface area contributed by atoms with Crippen molar-refractivity contribution in [1.29, 1.82) is 0 Å². The molecule has 0 bridgehead atoms. The van der Waals surface area contributed by atoms with E-state index in [1.54, 1.807) is 0 Å². The van der Waals surface area contributed by atoms with Crippen molar-refractivity contribution in [2.75, 3.05) is 12.5 Å². The number of nitrogens with two attached hydrogens (primary N) is 1. The molecule has 1 aliphatic heterocycles. The summed E-state index contributed by atoms with van der Waals surface area (Å²) in [5.74, 6) is 1.85. The number of halogens is 1. The molecule has 0 saturated carbocycles. The van der Waals surface area contributed by atoms with E-state index in [1.807, 2.05) is 18.2 Å². The van der Waals surface area contributed by atoms with Crippen LogP contribution in [0.15, 0.2) is 24.3 Å². The molecule has 1 aromatic heterocycles. The van der Waals surface area contributed by atoms with Crippen molar-refractivity contribution in [3.05, 3.63) is 35.0 Å². The highest BCUT2D eigenvalue weighted by molar-refractivity contribution is 6.29. The lowest BCUT2D eigenvalue weighted by Gasteiger charge is -2.06. The summed E-state index contributed by atoms with van der Waals surface area (Å²) < 4.78 is 16.0. The molecule has 0 fully saturated rings. The van der Waals surface area contributed by atoms with Gasteiger partial charge in [-0.3, -0.25) is 0 Å². The van der Waals surface area contributed by atoms with Crippen molar-refractivity contribution in [2.24, 2.45) is 0 Å². The molecular weight excluding hydrogens is 270 g/mol. The van der Waals surface area contributed by atoms with Crippen LogP contribution in [0.3, 0.4) is 0 Å². The minimum absolute atomic E-state index is 0.0770. The van der Waals surface area contributed by atoms with Gasteiger partial charge in [0.1, 0.15) is 11.8 Å². The van der Waals surface area contributed by atoms with Gasteiger partial charge in [0.25, 0.3) is 0 Å². The summed E-state index contributed by atoms with van der Waals surface area (Å²) in [6.45, 7) is 0.571. The number of fused-ring (bicyclic) bond motifs is 1. The largest absolute Gasteiger partial charge is 0.473 e. The Morgan fingerprint density at radius 1 is 1.21 bits per heavy atom. The van der Waals surface area contributed by atoms with Crippen LogP contribution in [-0.4, -0.2) is 16.8 Å². The molecule has 7 heteroatoms. The normalized spacial score (nSPS) is 12.5. The summed E-state index contributed by atoms with van der Waals surface area (Å²) in [5.41, 5.74) is 6.41. The molecule has 19 heavy (non-hydrogen) atoms. The minimum atomic E-state index is 0.0770. The van der Waals surface area contributed by atoms with Crippen LogP contribution in [0.1, 0.15) is 5.56 Å². The fraction of sp³-hybridized carbons (Fsp3) is 0.167. The van der Waals surface area contributed by atoms with Crippen LogP contribution in [0.2, 0.25) is 5.15 Å². The quantitative estimate of drug-likeness (QED) is 0.866. The van der Waals surface area contributed by atoms with Gasteiger partial charge in [0, 0.05) is 6.07 Å². The summed E-state index contributed by atoms with van der Waals surface area (Å²) in [5, 5.41) is 0.244. The topological polar surface area (TPSA) is 79.5 Å². The number of rotatable bonds is 3. The van der Waals surface area contributed by atoms with E-state index in [4.69, 9.17) is 31.5 Å². The summed E-state index contributed by atoms with van der Waals surface area (Å²) in [6, 6.07) is 7.08. The maximum Gasteiger partial charge on any atom is 0.231 e. The Labute approximate surface area is 114 Å². The summed E-state index contributed by atoms with van der Waals surface area (Å²) >= 11 is 5.76. The molecule has 6 nitrogen and oxygen atoms in total. The highest BCUT2D eigenvalue weighted by atomic mass is 35.5. The Morgan fingerprint density at radius 3 is 2.89 bits per heavy atom. The Hall–Kier alpha value is -2.21. The molecule has 0 atom stereocenters. The number of anilines is 1. The van der Waals surface area contributed by atoms with E-state index in [0.29, 0.717) is 18.2 Å². The Bertz CT molecular complexity index is 601. The van der Waals surface area contributed by atoms with E-state index in [-0.39, 0.29) is 17.9 Å². The number of hydrogen-bond acceptors (Lipinski definition) is 6.